The smallest absolute Gasteiger partial charge is 0.225 e. The molecule has 7 nitrogen and oxygen atoms in total. The number of piperidine rings is 1. The van der Waals surface area contributed by atoms with Crippen LogP contribution >= 0.6 is 0 Å². The number of benzene rings is 1. The molecule has 2 aromatic heterocycles. The molecular formula is C21H24N6O. The summed E-state index contributed by atoms with van der Waals surface area (Å²) in [7, 11) is 0. The number of aliphatic hydroxyl groups is 1. The van der Waals surface area contributed by atoms with Gasteiger partial charge in [0.05, 0.1) is 11.2 Å². The minimum Gasteiger partial charge on any atom is -0.396 e. The molecule has 2 fully saturated rings. The van der Waals surface area contributed by atoms with Crippen LogP contribution in [0.4, 0.5) is 11.8 Å². The minimum absolute atomic E-state index is 0.282. The first kappa shape index (κ1) is 17.3. The maximum Gasteiger partial charge on any atom is 0.225 e. The standard InChI is InChI=1S/C21H24N6O/c28-14-15-5-9-26(10-6-15)20-19(22-7-8-23-20)17-12-27(13-17)21-24-11-16-3-1-2-4-18(16)25-21/h1-4,7-8,11,15,17,28H,5-6,9-10,12-14H2. The summed E-state index contributed by atoms with van der Waals surface area (Å²) in [5.74, 6) is 2.54. The number of fused-ring (bicyclic) bond motifs is 1. The van der Waals surface area contributed by atoms with Gasteiger partial charge in [0, 0.05) is 62.7 Å². The van der Waals surface area contributed by atoms with Gasteiger partial charge in [-0.3, -0.25) is 4.98 Å². The first-order valence-electron chi connectivity index (χ1n) is 9.95. The van der Waals surface area contributed by atoms with Crippen LogP contribution in [-0.2, 0) is 0 Å². The van der Waals surface area contributed by atoms with Crippen molar-refractivity contribution in [2.45, 2.75) is 18.8 Å². The summed E-state index contributed by atoms with van der Waals surface area (Å²) in [5, 5.41) is 10.4. The Morgan fingerprint density at radius 2 is 1.75 bits per heavy atom. The zero-order valence-electron chi connectivity index (χ0n) is 15.8. The lowest BCUT2D eigenvalue weighted by molar-refractivity contribution is 0.202. The topological polar surface area (TPSA) is 78.3 Å². The number of nitrogens with zero attached hydrogens (tertiary/aromatic N) is 6. The molecule has 7 heteroatoms. The zero-order chi connectivity index (χ0) is 18.9. The normalized spacial score (nSPS) is 18.5. The molecule has 1 N–H and O–H groups in total. The Bertz CT molecular complexity index is 966. The molecule has 0 unspecified atom stereocenters. The SMILES string of the molecule is OCC1CCN(c2nccnc2C2CN(c3ncc4ccccc4n3)C2)CC1. The Hall–Kier alpha value is -2.80. The molecule has 0 spiro atoms. The van der Waals surface area contributed by atoms with Crippen LogP contribution in [0.15, 0.2) is 42.9 Å². The van der Waals surface area contributed by atoms with Gasteiger partial charge in [-0.05, 0) is 24.8 Å². The van der Waals surface area contributed by atoms with Crippen molar-refractivity contribution in [2.75, 3.05) is 42.6 Å². The second-order valence-corrected chi connectivity index (χ2v) is 7.71. The van der Waals surface area contributed by atoms with E-state index in [1.165, 1.54) is 0 Å². The van der Waals surface area contributed by atoms with Crippen LogP contribution in [0.3, 0.4) is 0 Å². The van der Waals surface area contributed by atoms with Crippen LogP contribution in [0.2, 0.25) is 0 Å². The van der Waals surface area contributed by atoms with Gasteiger partial charge in [0.15, 0.2) is 5.82 Å². The third kappa shape index (κ3) is 3.16. The third-order valence-electron chi connectivity index (χ3n) is 5.91. The minimum atomic E-state index is 0.282. The molecule has 5 rings (SSSR count). The Labute approximate surface area is 164 Å². The van der Waals surface area contributed by atoms with Crippen molar-refractivity contribution in [1.82, 2.24) is 19.9 Å². The van der Waals surface area contributed by atoms with E-state index in [0.29, 0.717) is 11.8 Å². The monoisotopic (exact) mass is 376 g/mol. The zero-order valence-corrected chi connectivity index (χ0v) is 15.8. The lowest BCUT2D eigenvalue weighted by Gasteiger charge is -2.41. The summed E-state index contributed by atoms with van der Waals surface area (Å²) in [5.41, 5.74) is 2.05. The van der Waals surface area contributed by atoms with E-state index in [9.17, 15) is 5.11 Å². The van der Waals surface area contributed by atoms with Gasteiger partial charge >= 0.3 is 0 Å². The predicted octanol–water partition coefficient (Wildman–Crippen LogP) is 2.23. The summed E-state index contributed by atoms with van der Waals surface area (Å²) >= 11 is 0. The molecule has 0 radical (unpaired) electrons. The first-order chi connectivity index (χ1) is 13.8. The van der Waals surface area contributed by atoms with Gasteiger partial charge in [-0.15, -0.1) is 0 Å². The first-order valence-corrected chi connectivity index (χ1v) is 9.95. The molecule has 2 aliphatic rings. The van der Waals surface area contributed by atoms with Crippen molar-refractivity contribution < 1.29 is 5.11 Å². The summed E-state index contributed by atoms with van der Waals surface area (Å²) in [6, 6.07) is 8.06. The molecular weight excluding hydrogens is 352 g/mol. The molecule has 2 aliphatic heterocycles. The number of hydrogen-bond acceptors (Lipinski definition) is 7. The second-order valence-electron chi connectivity index (χ2n) is 7.71. The number of para-hydroxylation sites is 1. The van der Waals surface area contributed by atoms with Crippen molar-refractivity contribution in [3.63, 3.8) is 0 Å². The molecule has 28 heavy (non-hydrogen) atoms. The fraction of sp³-hybridized carbons (Fsp3) is 0.429. The third-order valence-corrected chi connectivity index (χ3v) is 5.91. The van der Waals surface area contributed by atoms with E-state index in [1.54, 1.807) is 12.4 Å². The van der Waals surface area contributed by atoms with Gasteiger partial charge < -0.3 is 14.9 Å². The Balaban J connectivity index is 1.31. The lowest BCUT2D eigenvalue weighted by Crippen LogP contribution is -2.47. The van der Waals surface area contributed by atoms with E-state index in [0.717, 1.165) is 67.4 Å². The van der Waals surface area contributed by atoms with Crippen LogP contribution in [-0.4, -0.2) is 57.8 Å². The van der Waals surface area contributed by atoms with Crippen LogP contribution in [0.25, 0.3) is 10.9 Å². The summed E-state index contributed by atoms with van der Waals surface area (Å²) < 4.78 is 0. The molecule has 0 amide bonds. The van der Waals surface area contributed by atoms with Crippen LogP contribution in [0, 0.1) is 5.92 Å². The highest BCUT2D eigenvalue weighted by Gasteiger charge is 2.34. The molecule has 144 valence electrons. The van der Waals surface area contributed by atoms with Gasteiger partial charge in [0.25, 0.3) is 0 Å². The van der Waals surface area contributed by atoms with Gasteiger partial charge in [-0.2, -0.15) is 0 Å². The lowest BCUT2D eigenvalue weighted by atomic mass is 9.94. The summed E-state index contributed by atoms with van der Waals surface area (Å²) in [6.45, 7) is 3.86. The highest BCUT2D eigenvalue weighted by atomic mass is 16.3. The maximum atomic E-state index is 9.38. The molecule has 4 heterocycles. The van der Waals surface area contributed by atoms with E-state index >= 15 is 0 Å². The fourth-order valence-electron chi connectivity index (χ4n) is 4.13. The van der Waals surface area contributed by atoms with E-state index < -0.39 is 0 Å². The van der Waals surface area contributed by atoms with Crippen molar-refractivity contribution in [2.24, 2.45) is 5.92 Å². The fourth-order valence-corrected chi connectivity index (χ4v) is 4.13. The maximum absolute atomic E-state index is 9.38. The quantitative estimate of drug-likeness (QED) is 0.748. The van der Waals surface area contributed by atoms with Crippen molar-refractivity contribution >= 4 is 22.7 Å². The second kappa shape index (κ2) is 7.31. The van der Waals surface area contributed by atoms with Crippen molar-refractivity contribution in [3.05, 3.63) is 48.5 Å². The van der Waals surface area contributed by atoms with Crippen LogP contribution in [0.5, 0.6) is 0 Å². The molecule has 3 aromatic rings. The summed E-state index contributed by atoms with van der Waals surface area (Å²) in [6.07, 6.45) is 7.47. The highest BCUT2D eigenvalue weighted by Crippen LogP contribution is 2.34. The van der Waals surface area contributed by atoms with Gasteiger partial charge in [-0.1, -0.05) is 18.2 Å². The number of anilines is 2. The Morgan fingerprint density at radius 3 is 2.57 bits per heavy atom. The molecule has 0 atom stereocenters. The predicted molar refractivity (Wildman–Crippen MR) is 109 cm³/mol. The van der Waals surface area contributed by atoms with E-state index in [-0.39, 0.29) is 6.61 Å². The van der Waals surface area contributed by atoms with E-state index in [4.69, 9.17) is 4.98 Å². The highest BCUT2D eigenvalue weighted by molar-refractivity contribution is 5.78. The Kier molecular flexibility index (Phi) is 4.52. The molecule has 0 bridgehead atoms. The van der Waals surface area contributed by atoms with E-state index in [1.807, 2.05) is 30.5 Å². The average molecular weight is 376 g/mol. The molecule has 0 aliphatic carbocycles. The molecule has 2 saturated heterocycles. The summed E-state index contributed by atoms with van der Waals surface area (Å²) in [4.78, 5) is 23.1. The number of aromatic nitrogens is 4. The average Bonchev–Trinajstić information content (AvgIpc) is 2.73. The number of hydrogen-bond donors (Lipinski definition) is 1. The van der Waals surface area contributed by atoms with E-state index in [2.05, 4.69) is 24.8 Å². The van der Waals surface area contributed by atoms with Crippen molar-refractivity contribution in [1.29, 1.82) is 0 Å². The number of rotatable bonds is 4. The Morgan fingerprint density at radius 1 is 0.964 bits per heavy atom. The van der Waals surface area contributed by atoms with Crippen molar-refractivity contribution in [3.8, 4) is 0 Å². The molecule has 0 saturated carbocycles. The van der Waals surface area contributed by atoms with Gasteiger partial charge in [0.1, 0.15) is 0 Å². The van der Waals surface area contributed by atoms with Crippen LogP contribution < -0.4 is 9.80 Å². The van der Waals surface area contributed by atoms with Gasteiger partial charge in [0.2, 0.25) is 5.95 Å². The van der Waals surface area contributed by atoms with Crippen LogP contribution in [0.1, 0.15) is 24.5 Å². The largest absolute Gasteiger partial charge is 0.396 e. The molecule has 1 aromatic carbocycles. The van der Waals surface area contributed by atoms with Gasteiger partial charge in [-0.25, -0.2) is 15.0 Å². The number of aliphatic hydroxyl groups excluding tert-OH is 1.